The second-order valence-electron chi connectivity index (χ2n) is 7.90. The minimum absolute atomic E-state index is 0.172. The molecule has 2 unspecified atom stereocenters. The Hall–Kier alpha value is -2.52. The summed E-state index contributed by atoms with van der Waals surface area (Å²) in [5.41, 5.74) is 2.03. The fourth-order valence-electron chi connectivity index (χ4n) is 4.83. The van der Waals surface area contributed by atoms with E-state index in [4.69, 9.17) is 11.4 Å². The predicted molar refractivity (Wildman–Crippen MR) is 115 cm³/mol. The number of pyridine rings is 1. The first-order valence-corrected chi connectivity index (χ1v) is 10.9. The number of piperidine rings is 3. The van der Waals surface area contributed by atoms with Crippen molar-refractivity contribution in [1.29, 1.82) is 0 Å². The van der Waals surface area contributed by atoms with Crippen molar-refractivity contribution in [3.63, 3.8) is 0 Å². The molecule has 5 heteroatoms. The van der Waals surface area contributed by atoms with Crippen LogP contribution in [0.15, 0.2) is 54.9 Å². The van der Waals surface area contributed by atoms with Gasteiger partial charge in [0.25, 0.3) is 0 Å². The molecule has 1 aromatic carbocycles. The van der Waals surface area contributed by atoms with Gasteiger partial charge in [0.2, 0.25) is 0 Å². The summed E-state index contributed by atoms with van der Waals surface area (Å²) in [6.45, 7) is 1.92. The first kappa shape index (κ1) is 18.5. The van der Waals surface area contributed by atoms with Gasteiger partial charge in [-0.1, -0.05) is 36.3 Å². The quantitative estimate of drug-likeness (QED) is 0.677. The Labute approximate surface area is 175 Å². The highest BCUT2D eigenvalue weighted by molar-refractivity contribution is 7.15. The second kappa shape index (κ2) is 7.38. The summed E-state index contributed by atoms with van der Waals surface area (Å²) < 4.78 is 0. The number of hydrogen-bond donors (Lipinski definition) is 1. The summed E-state index contributed by atoms with van der Waals surface area (Å²) in [5, 5.41) is 13.0. The van der Waals surface area contributed by atoms with Gasteiger partial charge in [-0.2, -0.15) is 0 Å². The van der Waals surface area contributed by atoms with E-state index in [0.29, 0.717) is 6.42 Å². The van der Waals surface area contributed by atoms with Crippen molar-refractivity contribution in [2.75, 3.05) is 13.1 Å². The monoisotopic (exact) mass is 401 g/mol. The molecule has 0 spiro atoms. The maximum atomic E-state index is 12.1. The van der Waals surface area contributed by atoms with Gasteiger partial charge in [0.15, 0.2) is 0 Å². The minimum atomic E-state index is -1.05. The van der Waals surface area contributed by atoms with Gasteiger partial charge in [-0.15, -0.1) is 17.8 Å². The fourth-order valence-corrected chi connectivity index (χ4v) is 6.09. The molecule has 2 bridgehead atoms. The molecule has 29 heavy (non-hydrogen) atoms. The number of aliphatic hydroxyl groups is 1. The Morgan fingerprint density at radius 3 is 2.66 bits per heavy atom. The summed E-state index contributed by atoms with van der Waals surface area (Å²) in [4.78, 5) is 12.4. The Morgan fingerprint density at radius 2 is 1.97 bits per heavy atom. The smallest absolute Gasteiger partial charge is 0.130 e. The second-order valence-corrected chi connectivity index (χ2v) is 8.90. The van der Waals surface area contributed by atoms with Crippen molar-refractivity contribution in [2.45, 2.75) is 30.9 Å². The molecule has 0 amide bonds. The van der Waals surface area contributed by atoms with Crippen molar-refractivity contribution >= 4 is 11.3 Å². The zero-order chi connectivity index (χ0) is 19.8. The van der Waals surface area contributed by atoms with Crippen LogP contribution < -0.4 is 0 Å². The summed E-state index contributed by atoms with van der Waals surface area (Å²) in [6, 6.07) is 13.9. The van der Waals surface area contributed by atoms with Crippen LogP contribution in [0, 0.1) is 18.3 Å². The zero-order valence-electron chi connectivity index (χ0n) is 16.2. The van der Waals surface area contributed by atoms with Crippen LogP contribution in [-0.4, -0.2) is 39.1 Å². The number of benzene rings is 1. The van der Waals surface area contributed by atoms with Crippen LogP contribution in [0.5, 0.6) is 0 Å². The van der Waals surface area contributed by atoms with E-state index in [0.717, 1.165) is 47.1 Å². The van der Waals surface area contributed by atoms with Gasteiger partial charge in [-0.25, -0.2) is 4.98 Å². The van der Waals surface area contributed by atoms with E-state index in [9.17, 15) is 5.11 Å². The van der Waals surface area contributed by atoms with E-state index >= 15 is 0 Å². The molecule has 2 atom stereocenters. The molecular weight excluding hydrogens is 378 g/mol. The number of aromatic nitrogens is 2. The van der Waals surface area contributed by atoms with Crippen LogP contribution in [0.4, 0.5) is 0 Å². The normalized spacial score (nSPS) is 28.2. The molecule has 3 aromatic rings. The van der Waals surface area contributed by atoms with Gasteiger partial charge in [0.05, 0.1) is 10.6 Å². The molecule has 0 radical (unpaired) electrons. The minimum Gasteiger partial charge on any atom is -0.381 e. The Kier molecular flexibility index (Phi) is 4.71. The van der Waals surface area contributed by atoms with Crippen molar-refractivity contribution in [2.24, 2.45) is 5.92 Å². The maximum Gasteiger partial charge on any atom is 0.130 e. The molecule has 3 aliphatic rings. The van der Waals surface area contributed by atoms with Crippen molar-refractivity contribution in [3.05, 3.63) is 71.0 Å². The Balaban J connectivity index is 1.64. The third-order valence-electron chi connectivity index (χ3n) is 6.28. The summed E-state index contributed by atoms with van der Waals surface area (Å²) in [6.07, 6.45) is 12.2. The van der Waals surface area contributed by atoms with Gasteiger partial charge in [0.1, 0.15) is 16.7 Å². The van der Waals surface area contributed by atoms with Crippen LogP contribution in [0.2, 0.25) is 0 Å². The van der Waals surface area contributed by atoms with E-state index in [1.165, 1.54) is 5.56 Å². The van der Waals surface area contributed by atoms with Gasteiger partial charge in [-0.05, 0) is 49.5 Å². The zero-order valence-corrected chi connectivity index (χ0v) is 17.0. The van der Waals surface area contributed by atoms with Crippen molar-refractivity contribution in [1.82, 2.24) is 14.9 Å². The first-order valence-electron chi connectivity index (χ1n) is 10.1. The average molecular weight is 402 g/mol. The Morgan fingerprint density at radius 1 is 1.17 bits per heavy atom. The van der Waals surface area contributed by atoms with E-state index in [-0.39, 0.29) is 12.0 Å². The topological polar surface area (TPSA) is 49.2 Å². The lowest BCUT2D eigenvalue weighted by molar-refractivity contribution is -0.141. The molecule has 3 fully saturated rings. The van der Waals surface area contributed by atoms with Gasteiger partial charge >= 0.3 is 0 Å². The predicted octanol–water partition coefficient (Wildman–Crippen LogP) is 3.71. The summed E-state index contributed by atoms with van der Waals surface area (Å²) >= 11 is 1.57. The maximum absolute atomic E-state index is 12.1. The van der Waals surface area contributed by atoms with Gasteiger partial charge in [0, 0.05) is 24.4 Å². The lowest BCUT2D eigenvalue weighted by Crippen LogP contribution is -2.63. The molecule has 5 heterocycles. The Bertz CT molecular complexity index is 1030. The number of nitrogens with zero attached hydrogens (tertiary/aromatic N) is 3. The lowest BCUT2D eigenvalue weighted by atomic mass is 9.69. The van der Waals surface area contributed by atoms with E-state index in [1.54, 1.807) is 17.5 Å². The molecule has 2 aromatic heterocycles. The molecule has 3 aliphatic heterocycles. The third-order valence-corrected chi connectivity index (χ3v) is 7.56. The molecule has 4 nitrogen and oxygen atoms in total. The van der Waals surface area contributed by atoms with Crippen molar-refractivity contribution < 1.29 is 5.11 Å². The van der Waals surface area contributed by atoms with E-state index < -0.39 is 5.60 Å². The van der Waals surface area contributed by atoms with Crippen LogP contribution >= 0.6 is 11.3 Å². The number of rotatable bonds is 4. The lowest BCUT2D eigenvalue weighted by Gasteiger charge is -2.54. The van der Waals surface area contributed by atoms with Crippen LogP contribution in [0.3, 0.4) is 0 Å². The van der Waals surface area contributed by atoms with Crippen LogP contribution in [0.25, 0.3) is 10.6 Å². The van der Waals surface area contributed by atoms with Gasteiger partial charge in [-0.3, -0.25) is 9.88 Å². The molecule has 6 rings (SSSR count). The SMILES string of the molecule is C#CC1N2CCC(CC2)C1(O)c1sc(-c2cccnc2)nc1Cc1ccccc1. The number of terminal acetylenes is 1. The first-order chi connectivity index (χ1) is 14.2. The van der Waals surface area contributed by atoms with Gasteiger partial charge < -0.3 is 5.11 Å². The highest BCUT2D eigenvalue weighted by Gasteiger charge is 2.55. The largest absolute Gasteiger partial charge is 0.381 e. The van der Waals surface area contributed by atoms with E-state index in [2.05, 4.69) is 27.9 Å². The fraction of sp³-hybridized carbons (Fsp3) is 0.333. The number of thiazole rings is 1. The number of fused-ring (bicyclic) bond motifs is 3. The highest BCUT2D eigenvalue weighted by atomic mass is 32.1. The molecule has 0 aliphatic carbocycles. The highest BCUT2D eigenvalue weighted by Crippen LogP contribution is 2.50. The van der Waals surface area contributed by atoms with Crippen LogP contribution in [0.1, 0.15) is 29.0 Å². The molecule has 1 N–H and O–H groups in total. The molecular formula is C24H23N3OS. The number of hydrogen-bond acceptors (Lipinski definition) is 5. The standard InChI is InChI=1S/C24H23N3OS/c1-2-21-24(28,19-10-13-27(21)14-11-19)22-20(15-17-7-4-3-5-8-17)26-23(29-22)18-9-6-12-25-16-18/h1,3-9,12,16,19,21,28H,10-11,13-15H2. The molecule has 0 saturated carbocycles. The van der Waals surface area contributed by atoms with Crippen LogP contribution in [-0.2, 0) is 12.0 Å². The average Bonchev–Trinajstić information content (AvgIpc) is 3.20. The van der Waals surface area contributed by atoms with Crippen molar-refractivity contribution in [3.8, 4) is 22.9 Å². The summed E-state index contributed by atoms with van der Waals surface area (Å²) in [5.74, 6) is 3.08. The molecule has 146 valence electrons. The summed E-state index contributed by atoms with van der Waals surface area (Å²) in [7, 11) is 0. The third kappa shape index (κ3) is 3.08. The molecule has 3 saturated heterocycles. The van der Waals surface area contributed by atoms with E-state index in [1.807, 2.05) is 36.5 Å².